The van der Waals surface area contributed by atoms with E-state index < -0.39 is 0 Å². The van der Waals surface area contributed by atoms with E-state index >= 15 is 0 Å². The van der Waals surface area contributed by atoms with Gasteiger partial charge >= 0.3 is 0 Å². The highest BCUT2D eigenvalue weighted by molar-refractivity contribution is 7.11. The summed E-state index contributed by atoms with van der Waals surface area (Å²) in [6.07, 6.45) is 0.888. The Morgan fingerprint density at radius 3 is 2.68 bits per heavy atom. The molecule has 2 rings (SSSR count). The highest BCUT2D eigenvalue weighted by Gasteiger charge is 2.04. The van der Waals surface area contributed by atoms with Crippen LogP contribution in [-0.4, -0.2) is 11.5 Å². The van der Waals surface area contributed by atoms with E-state index in [4.69, 9.17) is 23.2 Å². The topological polar surface area (TPSA) is 24.9 Å². The van der Waals surface area contributed by atoms with Crippen molar-refractivity contribution in [3.8, 4) is 0 Å². The normalized spacial score (nSPS) is 10.9. The standard InChI is InChI=1S/C14H16Cl2N2S/c1-9-10(2)19-14(18-9)8-17-6-5-11-3-4-12(15)7-13(11)16/h3-4,7,17H,5-6,8H2,1-2H3. The fourth-order valence-electron chi connectivity index (χ4n) is 1.76. The zero-order valence-corrected chi connectivity index (χ0v) is 13.3. The van der Waals surface area contributed by atoms with Crippen molar-refractivity contribution in [2.24, 2.45) is 0 Å². The second-order valence-electron chi connectivity index (χ2n) is 4.41. The minimum Gasteiger partial charge on any atom is -0.310 e. The first-order valence-electron chi connectivity index (χ1n) is 6.14. The fraction of sp³-hybridized carbons (Fsp3) is 0.357. The molecule has 0 fully saturated rings. The predicted molar refractivity (Wildman–Crippen MR) is 83.5 cm³/mol. The van der Waals surface area contributed by atoms with Crippen LogP contribution in [0, 0.1) is 13.8 Å². The first kappa shape index (κ1) is 14.8. The number of rotatable bonds is 5. The number of thiazole rings is 1. The van der Waals surface area contributed by atoms with Gasteiger partial charge in [0.15, 0.2) is 0 Å². The molecule has 0 aliphatic rings. The fourth-order valence-corrected chi connectivity index (χ4v) is 3.16. The van der Waals surface area contributed by atoms with E-state index in [0.717, 1.165) is 40.8 Å². The van der Waals surface area contributed by atoms with Crippen LogP contribution in [0.25, 0.3) is 0 Å². The lowest BCUT2D eigenvalue weighted by atomic mass is 10.1. The maximum absolute atomic E-state index is 6.13. The molecule has 0 saturated carbocycles. The van der Waals surface area contributed by atoms with Gasteiger partial charge in [0.25, 0.3) is 0 Å². The molecule has 0 aliphatic heterocycles. The summed E-state index contributed by atoms with van der Waals surface area (Å²) >= 11 is 13.7. The van der Waals surface area contributed by atoms with E-state index in [1.807, 2.05) is 19.1 Å². The second kappa shape index (κ2) is 6.71. The largest absolute Gasteiger partial charge is 0.310 e. The molecule has 0 aliphatic carbocycles. The molecule has 0 saturated heterocycles. The lowest BCUT2D eigenvalue weighted by Crippen LogP contribution is -2.16. The number of hydrogen-bond donors (Lipinski definition) is 1. The molecule has 1 heterocycles. The van der Waals surface area contributed by atoms with Crippen LogP contribution < -0.4 is 5.32 Å². The van der Waals surface area contributed by atoms with Gasteiger partial charge in [0, 0.05) is 21.5 Å². The van der Waals surface area contributed by atoms with Gasteiger partial charge in [-0.25, -0.2) is 4.98 Å². The Labute approximate surface area is 127 Å². The molecule has 0 amide bonds. The van der Waals surface area contributed by atoms with E-state index in [-0.39, 0.29) is 0 Å². The Balaban J connectivity index is 1.80. The molecule has 102 valence electrons. The van der Waals surface area contributed by atoms with Crippen LogP contribution in [0.15, 0.2) is 18.2 Å². The minimum absolute atomic E-state index is 0.676. The predicted octanol–water partition coefficient (Wildman–Crippen LogP) is 4.40. The van der Waals surface area contributed by atoms with Crippen LogP contribution in [-0.2, 0) is 13.0 Å². The molecule has 19 heavy (non-hydrogen) atoms. The molecule has 0 radical (unpaired) electrons. The molecule has 1 N–H and O–H groups in total. The Morgan fingerprint density at radius 1 is 1.26 bits per heavy atom. The minimum atomic E-state index is 0.676. The molecule has 1 aromatic heterocycles. The molecule has 0 bridgehead atoms. The third-order valence-corrected chi connectivity index (χ3v) is 4.60. The number of aromatic nitrogens is 1. The average molecular weight is 315 g/mol. The Morgan fingerprint density at radius 2 is 2.05 bits per heavy atom. The zero-order valence-electron chi connectivity index (χ0n) is 11.0. The van der Waals surface area contributed by atoms with E-state index in [9.17, 15) is 0 Å². The molecule has 5 heteroatoms. The summed E-state index contributed by atoms with van der Waals surface area (Å²) in [6, 6.07) is 5.63. The summed E-state index contributed by atoms with van der Waals surface area (Å²) < 4.78 is 0. The van der Waals surface area contributed by atoms with Crippen LogP contribution >= 0.6 is 34.5 Å². The van der Waals surface area contributed by atoms with Gasteiger partial charge in [-0.2, -0.15) is 0 Å². The number of nitrogens with zero attached hydrogens (tertiary/aromatic N) is 1. The van der Waals surface area contributed by atoms with Crippen molar-refractivity contribution in [3.63, 3.8) is 0 Å². The van der Waals surface area contributed by atoms with Gasteiger partial charge in [0.1, 0.15) is 5.01 Å². The van der Waals surface area contributed by atoms with Crippen LogP contribution in [0.5, 0.6) is 0 Å². The van der Waals surface area contributed by atoms with E-state index in [0.29, 0.717) is 5.02 Å². The van der Waals surface area contributed by atoms with Crippen molar-refractivity contribution < 1.29 is 0 Å². The van der Waals surface area contributed by atoms with Gasteiger partial charge in [0.05, 0.1) is 5.69 Å². The number of aryl methyl sites for hydroxylation is 2. The summed E-state index contributed by atoms with van der Waals surface area (Å²) in [5.74, 6) is 0. The number of nitrogens with one attached hydrogen (secondary N) is 1. The van der Waals surface area contributed by atoms with Crippen molar-refractivity contribution in [1.82, 2.24) is 10.3 Å². The van der Waals surface area contributed by atoms with Crippen LogP contribution in [0.2, 0.25) is 10.0 Å². The monoisotopic (exact) mass is 314 g/mol. The highest BCUT2D eigenvalue weighted by atomic mass is 35.5. The molecule has 0 unspecified atom stereocenters. The molecule has 2 nitrogen and oxygen atoms in total. The summed E-state index contributed by atoms with van der Waals surface area (Å²) in [6.45, 7) is 5.83. The maximum atomic E-state index is 6.13. The summed E-state index contributed by atoms with van der Waals surface area (Å²) in [5, 5.41) is 5.93. The van der Waals surface area contributed by atoms with Gasteiger partial charge in [-0.15, -0.1) is 11.3 Å². The number of benzene rings is 1. The smallest absolute Gasteiger partial charge is 0.107 e. The Bertz CT molecular complexity index is 547. The third kappa shape index (κ3) is 4.18. The summed E-state index contributed by atoms with van der Waals surface area (Å²) in [4.78, 5) is 5.79. The zero-order chi connectivity index (χ0) is 13.8. The molecular formula is C14H16Cl2N2S. The third-order valence-electron chi connectivity index (χ3n) is 2.94. The van der Waals surface area contributed by atoms with Gasteiger partial charge in [-0.1, -0.05) is 29.3 Å². The Hall–Kier alpha value is -0.610. The second-order valence-corrected chi connectivity index (χ2v) is 6.54. The van der Waals surface area contributed by atoms with Gasteiger partial charge in [-0.3, -0.25) is 0 Å². The van der Waals surface area contributed by atoms with E-state index in [2.05, 4.69) is 17.2 Å². The maximum Gasteiger partial charge on any atom is 0.107 e. The summed E-state index contributed by atoms with van der Waals surface area (Å²) in [7, 11) is 0. The van der Waals surface area contributed by atoms with Crippen molar-refractivity contribution in [3.05, 3.63) is 49.4 Å². The van der Waals surface area contributed by atoms with E-state index in [1.165, 1.54) is 4.88 Å². The molecule has 0 atom stereocenters. The van der Waals surface area contributed by atoms with Crippen molar-refractivity contribution in [2.45, 2.75) is 26.8 Å². The SMILES string of the molecule is Cc1nc(CNCCc2ccc(Cl)cc2Cl)sc1C. The molecular weight excluding hydrogens is 299 g/mol. The van der Waals surface area contributed by atoms with Gasteiger partial charge < -0.3 is 5.32 Å². The first-order chi connectivity index (χ1) is 9.06. The molecule has 1 aromatic carbocycles. The van der Waals surface area contributed by atoms with Crippen molar-refractivity contribution in [2.75, 3.05) is 6.54 Å². The highest BCUT2D eigenvalue weighted by Crippen LogP contribution is 2.21. The van der Waals surface area contributed by atoms with Crippen LogP contribution in [0.1, 0.15) is 21.1 Å². The Kier molecular flexibility index (Phi) is 5.22. The average Bonchev–Trinajstić information content (AvgIpc) is 2.66. The quantitative estimate of drug-likeness (QED) is 0.827. The first-order valence-corrected chi connectivity index (χ1v) is 7.71. The van der Waals surface area contributed by atoms with Gasteiger partial charge in [-0.05, 0) is 44.5 Å². The van der Waals surface area contributed by atoms with Crippen LogP contribution in [0.4, 0.5) is 0 Å². The number of halogens is 2. The lowest BCUT2D eigenvalue weighted by molar-refractivity contribution is 0.683. The molecule has 2 aromatic rings. The van der Waals surface area contributed by atoms with Crippen molar-refractivity contribution in [1.29, 1.82) is 0 Å². The van der Waals surface area contributed by atoms with Crippen molar-refractivity contribution >= 4 is 34.5 Å². The van der Waals surface area contributed by atoms with Crippen LogP contribution in [0.3, 0.4) is 0 Å². The number of hydrogen-bond acceptors (Lipinski definition) is 3. The lowest BCUT2D eigenvalue weighted by Gasteiger charge is -2.05. The van der Waals surface area contributed by atoms with E-state index in [1.54, 1.807) is 17.4 Å². The summed E-state index contributed by atoms with van der Waals surface area (Å²) in [5.41, 5.74) is 2.24. The molecule has 0 spiro atoms. The van der Waals surface area contributed by atoms with Gasteiger partial charge in [0.2, 0.25) is 0 Å².